The Morgan fingerprint density at radius 1 is 1.06 bits per heavy atom. The number of carbonyl (C=O) groups is 1. The van der Waals surface area contributed by atoms with Gasteiger partial charge in [-0.1, -0.05) is 60.7 Å². The molecule has 4 rings (SSSR count). The average Bonchev–Trinajstić information content (AvgIpc) is 3.35. The van der Waals surface area contributed by atoms with Crippen LogP contribution in [-0.4, -0.2) is 40.9 Å². The molecule has 0 unspecified atom stereocenters. The van der Waals surface area contributed by atoms with Crippen molar-refractivity contribution in [1.82, 2.24) is 10.2 Å². The number of hydrogen-bond acceptors (Lipinski definition) is 5. The molecule has 0 aliphatic carbocycles. The van der Waals surface area contributed by atoms with Crippen molar-refractivity contribution in [1.29, 1.82) is 0 Å². The van der Waals surface area contributed by atoms with Crippen molar-refractivity contribution < 1.29 is 14.5 Å². The molecule has 3 aromatic carbocycles. The lowest BCUT2D eigenvalue weighted by Gasteiger charge is -2.26. The third-order valence-electron chi connectivity index (χ3n) is 5.68. The summed E-state index contributed by atoms with van der Waals surface area (Å²) < 4.78 is 6.23. The summed E-state index contributed by atoms with van der Waals surface area (Å²) in [5, 5.41) is 14.2. The fourth-order valence-corrected chi connectivity index (χ4v) is 3.94. The number of benzene rings is 3. The number of amidine groups is 1. The number of ether oxygens (including phenoxy) is 1. The number of hydrogen-bond donors (Lipinski definition) is 1. The number of amides is 2. The van der Waals surface area contributed by atoms with Gasteiger partial charge in [-0.25, -0.2) is 4.79 Å². The normalized spacial score (nSPS) is 14.8. The minimum absolute atomic E-state index is 0.0101. The number of nitrogens with one attached hydrogen (secondary N) is 1. The van der Waals surface area contributed by atoms with Crippen molar-refractivity contribution in [3.8, 4) is 16.9 Å². The van der Waals surface area contributed by atoms with Gasteiger partial charge >= 0.3 is 6.03 Å². The van der Waals surface area contributed by atoms with Crippen LogP contribution >= 0.6 is 0 Å². The topological polar surface area (TPSA) is 97.1 Å². The van der Waals surface area contributed by atoms with Crippen LogP contribution < -0.4 is 10.1 Å². The molecular formula is C26H26N4O4. The molecule has 0 bridgehead atoms. The summed E-state index contributed by atoms with van der Waals surface area (Å²) in [4.78, 5) is 29.9. The number of urea groups is 1. The zero-order chi connectivity index (χ0) is 24.1. The monoisotopic (exact) mass is 458 g/mol. The van der Waals surface area contributed by atoms with Gasteiger partial charge in [-0.15, -0.1) is 0 Å². The molecule has 0 saturated carbocycles. The summed E-state index contributed by atoms with van der Waals surface area (Å²) >= 11 is 0. The Labute approximate surface area is 198 Å². The van der Waals surface area contributed by atoms with Crippen LogP contribution in [0.15, 0.2) is 83.9 Å². The van der Waals surface area contributed by atoms with Crippen LogP contribution in [-0.2, 0) is 0 Å². The first-order chi connectivity index (χ1) is 16.4. The lowest BCUT2D eigenvalue weighted by atomic mass is 10.0. The zero-order valence-electron chi connectivity index (χ0n) is 19.0. The highest BCUT2D eigenvalue weighted by atomic mass is 16.6. The van der Waals surface area contributed by atoms with Crippen LogP contribution in [0.1, 0.15) is 25.5 Å². The molecular weight excluding hydrogens is 432 g/mol. The second kappa shape index (κ2) is 10.2. The zero-order valence-corrected chi connectivity index (χ0v) is 19.0. The second-order valence-corrected chi connectivity index (χ2v) is 8.04. The van der Waals surface area contributed by atoms with Crippen molar-refractivity contribution >= 4 is 17.6 Å². The maximum atomic E-state index is 13.0. The molecule has 8 nitrogen and oxygen atoms in total. The first-order valence-electron chi connectivity index (χ1n) is 11.1. The SMILES string of the molecule is C[C@H](Oc1ccccc1-c1cccc([N+](=O)[O-])c1)C1=NCCN1C(=O)N[C@H](C)c1ccccc1. The Hall–Kier alpha value is -4.20. The Kier molecular flexibility index (Phi) is 6.87. The van der Waals surface area contributed by atoms with Crippen molar-refractivity contribution in [2.75, 3.05) is 13.1 Å². The molecule has 174 valence electrons. The standard InChI is InChI=1S/C26H26N4O4/c1-18(20-9-4-3-5-10-20)28-26(31)29-16-15-27-25(29)19(2)34-24-14-7-6-13-23(24)21-11-8-12-22(17-21)30(32)33/h3-14,17-19H,15-16H2,1-2H3,(H,28,31)/t18-,19+/m1/s1. The number of carbonyl (C=O) groups excluding carboxylic acids is 1. The van der Waals surface area contributed by atoms with Crippen molar-refractivity contribution in [3.63, 3.8) is 0 Å². The van der Waals surface area contributed by atoms with E-state index >= 15 is 0 Å². The molecule has 0 radical (unpaired) electrons. The van der Waals surface area contributed by atoms with Gasteiger partial charge in [0.15, 0.2) is 6.10 Å². The Balaban J connectivity index is 1.50. The summed E-state index contributed by atoms with van der Waals surface area (Å²) in [6.45, 7) is 4.76. The van der Waals surface area contributed by atoms with Gasteiger partial charge in [0.2, 0.25) is 0 Å². The lowest BCUT2D eigenvalue weighted by molar-refractivity contribution is -0.384. The van der Waals surface area contributed by atoms with E-state index in [4.69, 9.17) is 4.74 Å². The van der Waals surface area contributed by atoms with Gasteiger partial charge in [0.25, 0.3) is 5.69 Å². The molecule has 0 spiro atoms. The van der Waals surface area contributed by atoms with E-state index in [-0.39, 0.29) is 17.8 Å². The molecule has 1 aliphatic heterocycles. The first-order valence-corrected chi connectivity index (χ1v) is 11.1. The van der Waals surface area contributed by atoms with Gasteiger partial charge in [-0.3, -0.25) is 20.0 Å². The van der Waals surface area contributed by atoms with Crippen LogP contribution in [0.25, 0.3) is 11.1 Å². The smallest absolute Gasteiger partial charge is 0.323 e. The van der Waals surface area contributed by atoms with Crippen molar-refractivity contribution in [3.05, 3.63) is 94.5 Å². The summed E-state index contributed by atoms with van der Waals surface area (Å²) in [6, 6.07) is 23.2. The molecule has 0 aromatic heterocycles. The molecule has 3 aromatic rings. The number of rotatable bonds is 7. The second-order valence-electron chi connectivity index (χ2n) is 8.04. The third kappa shape index (κ3) is 5.06. The summed E-state index contributed by atoms with van der Waals surface area (Å²) in [7, 11) is 0. The quantitative estimate of drug-likeness (QED) is 0.388. The number of nitrogens with zero attached hydrogens (tertiary/aromatic N) is 3. The molecule has 0 saturated heterocycles. The van der Waals surface area contributed by atoms with Gasteiger partial charge < -0.3 is 10.1 Å². The van der Waals surface area contributed by atoms with E-state index in [1.807, 2.05) is 68.4 Å². The van der Waals surface area contributed by atoms with E-state index in [0.717, 1.165) is 11.1 Å². The van der Waals surface area contributed by atoms with E-state index in [0.29, 0.717) is 30.2 Å². The molecule has 1 N–H and O–H groups in total. The van der Waals surface area contributed by atoms with Crippen molar-refractivity contribution in [2.24, 2.45) is 4.99 Å². The van der Waals surface area contributed by atoms with Crippen LogP contribution in [0.3, 0.4) is 0 Å². The minimum Gasteiger partial charge on any atom is -0.482 e. The van der Waals surface area contributed by atoms with Crippen molar-refractivity contribution in [2.45, 2.75) is 26.0 Å². The van der Waals surface area contributed by atoms with Gasteiger partial charge in [-0.05, 0) is 31.0 Å². The molecule has 2 amide bonds. The Morgan fingerprint density at radius 3 is 2.56 bits per heavy atom. The average molecular weight is 459 g/mol. The number of non-ortho nitro benzene ring substituents is 1. The van der Waals surface area contributed by atoms with E-state index in [1.165, 1.54) is 12.1 Å². The highest BCUT2D eigenvalue weighted by Crippen LogP contribution is 2.32. The Morgan fingerprint density at radius 2 is 1.79 bits per heavy atom. The molecule has 0 fully saturated rings. The predicted molar refractivity (Wildman–Crippen MR) is 131 cm³/mol. The van der Waals surface area contributed by atoms with Crippen LogP contribution in [0, 0.1) is 10.1 Å². The highest BCUT2D eigenvalue weighted by Gasteiger charge is 2.30. The van der Waals surface area contributed by atoms with Gasteiger partial charge in [-0.2, -0.15) is 0 Å². The van der Waals surface area contributed by atoms with Gasteiger partial charge in [0.1, 0.15) is 11.6 Å². The summed E-state index contributed by atoms with van der Waals surface area (Å²) in [5.74, 6) is 1.11. The molecule has 34 heavy (non-hydrogen) atoms. The lowest BCUT2D eigenvalue weighted by Crippen LogP contribution is -2.47. The first kappa shape index (κ1) is 23.0. The maximum Gasteiger partial charge on any atom is 0.323 e. The van der Waals surface area contributed by atoms with E-state index in [2.05, 4.69) is 10.3 Å². The molecule has 8 heteroatoms. The Bertz CT molecular complexity index is 1210. The minimum atomic E-state index is -0.500. The predicted octanol–water partition coefficient (Wildman–Crippen LogP) is 5.21. The van der Waals surface area contributed by atoms with E-state index in [9.17, 15) is 14.9 Å². The number of nitro groups is 1. The number of para-hydroxylation sites is 1. The van der Waals surface area contributed by atoms with Crippen LogP contribution in [0.2, 0.25) is 0 Å². The molecule has 1 heterocycles. The van der Waals surface area contributed by atoms with Crippen LogP contribution in [0.4, 0.5) is 10.5 Å². The third-order valence-corrected chi connectivity index (χ3v) is 5.68. The number of aliphatic imine (C=N–C) groups is 1. The maximum absolute atomic E-state index is 13.0. The highest BCUT2D eigenvalue weighted by molar-refractivity contribution is 6.01. The fourth-order valence-electron chi connectivity index (χ4n) is 3.94. The molecule has 1 aliphatic rings. The molecule has 2 atom stereocenters. The van der Waals surface area contributed by atoms with Crippen LogP contribution in [0.5, 0.6) is 5.75 Å². The largest absolute Gasteiger partial charge is 0.482 e. The fraction of sp³-hybridized carbons (Fsp3) is 0.231. The number of nitro benzene ring substituents is 1. The summed E-state index contributed by atoms with van der Waals surface area (Å²) in [5.41, 5.74) is 2.43. The summed E-state index contributed by atoms with van der Waals surface area (Å²) in [6.07, 6.45) is -0.500. The van der Waals surface area contributed by atoms with E-state index in [1.54, 1.807) is 17.0 Å². The van der Waals surface area contributed by atoms with Gasteiger partial charge in [0, 0.05) is 24.2 Å². The van der Waals surface area contributed by atoms with Gasteiger partial charge in [0.05, 0.1) is 17.5 Å². The van der Waals surface area contributed by atoms with E-state index < -0.39 is 11.0 Å².